The van der Waals surface area contributed by atoms with Crippen molar-refractivity contribution >= 4 is 34.3 Å². The summed E-state index contributed by atoms with van der Waals surface area (Å²) in [4.78, 5) is 49.4. The summed E-state index contributed by atoms with van der Waals surface area (Å²) in [6, 6.07) is 8.95. The van der Waals surface area contributed by atoms with E-state index in [0.29, 0.717) is 41.0 Å². The van der Waals surface area contributed by atoms with Gasteiger partial charge in [-0.15, -0.1) is 0 Å². The molecule has 1 aromatic carbocycles. The number of hydrazone groups is 1. The second-order valence-electron chi connectivity index (χ2n) is 7.97. The number of ether oxygens (including phenoxy) is 1. The summed E-state index contributed by atoms with van der Waals surface area (Å²) in [7, 11) is 2.99. The molecule has 3 aromatic rings. The minimum absolute atomic E-state index is 0.104. The van der Waals surface area contributed by atoms with E-state index in [0.717, 1.165) is 0 Å². The molecule has 5 N–H and O–H groups in total. The summed E-state index contributed by atoms with van der Waals surface area (Å²) in [5.41, 5.74) is 1.42. The molecule has 35 heavy (non-hydrogen) atoms. The van der Waals surface area contributed by atoms with Gasteiger partial charge in [-0.3, -0.25) is 19.4 Å². The summed E-state index contributed by atoms with van der Waals surface area (Å²) in [5.74, 6) is 10.3. The van der Waals surface area contributed by atoms with Crippen LogP contribution in [0.2, 0.25) is 0 Å². The summed E-state index contributed by atoms with van der Waals surface area (Å²) < 4.78 is 5.39. The van der Waals surface area contributed by atoms with Gasteiger partial charge in [0.15, 0.2) is 5.84 Å². The predicted octanol–water partition coefficient (Wildman–Crippen LogP) is 0.165. The zero-order chi connectivity index (χ0) is 25.1. The van der Waals surface area contributed by atoms with E-state index in [-0.39, 0.29) is 30.4 Å². The van der Waals surface area contributed by atoms with Crippen molar-refractivity contribution in [3.05, 3.63) is 59.5 Å². The number of amidine groups is 1. The zero-order valence-corrected chi connectivity index (χ0v) is 19.4. The number of carbonyl (C=O) groups excluding carboxylic acids is 3. The fourth-order valence-electron chi connectivity index (χ4n) is 4.08. The molecule has 2 aromatic heterocycles. The Morgan fingerprint density at radius 1 is 1.11 bits per heavy atom. The molecule has 0 unspecified atom stereocenters. The maximum atomic E-state index is 13.3. The minimum atomic E-state index is -0.707. The van der Waals surface area contributed by atoms with E-state index in [1.54, 1.807) is 36.2 Å². The van der Waals surface area contributed by atoms with Gasteiger partial charge in [0.1, 0.15) is 11.4 Å². The highest BCUT2D eigenvalue weighted by Crippen LogP contribution is 2.31. The first-order valence-electron chi connectivity index (χ1n) is 10.9. The Labute approximate surface area is 201 Å². The molecule has 0 atom stereocenters. The van der Waals surface area contributed by atoms with E-state index in [1.807, 2.05) is 6.07 Å². The second kappa shape index (κ2) is 9.81. The van der Waals surface area contributed by atoms with Crippen LogP contribution in [0.4, 0.5) is 0 Å². The van der Waals surface area contributed by atoms with E-state index < -0.39 is 11.7 Å². The lowest BCUT2D eigenvalue weighted by molar-refractivity contribution is -0.127. The second-order valence-corrected chi connectivity index (χ2v) is 7.97. The zero-order valence-electron chi connectivity index (χ0n) is 19.4. The first-order valence-corrected chi connectivity index (χ1v) is 10.9. The number of aromatic amines is 1. The van der Waals surface area contributed by atoms with E-state index in [2.05, 4.69) is 15.1 Å². The Bertz CT molecular complexity index is 1290. The average molecular weight is 479 g/mol. The quantitative estimate of drug-likeness (QED) is 0.117. The molecule has 0 aliphatic carbocycles. The number of methoxy groups -OCH3 is 1. The molecule has 12 heteroatoms. The Morgan fingerprint density at radius 3 is 2.37 bits per heavy atom. The van der Waals surface area contributed by atoms with Gasteiger partial charge in [0.05, 0.1) is 29.8 Å². The third-order valence-electron chi connectivity index (χ3n) is 5.88. The fraction of sp³-hybridized carbons (Fsp3) is 0.261. The molecule has 1 aliphatic heterocycles. The molecule has 0 bridgehead atoms. The number of hydrogen-bond donors (Lipinski definition) is 3. The predicted molar refractivity (Wildman–Crippen MR) is 129 cm³/mol. The maximum absolute atomic E-state index is 13.3. The van der Waals surface area contributed by atoms with Crippen molar-refractivity contribution in [2.24, 2.45) is 16.8 Å². The number of hydrogen-bond acceptors (Lipinski definition) is 8. The van der Waals surface area contributed by atoms with Crippen LogP contribution in [0.5, 0.6) is 5.75 Å². The summed E-state index contributed by atoms with van der Waals surface area (Å²) in [6.07, 6.45) is 2.84. The smallest absolute Gasteiger partial charge is 0.295 e. The largest absolute Gasteiger partial charge is 0.494 e. The third-order valence-corrected chi connectivity index (χ3v) is 5.88. The number of nitrogens with two attached hydrogens (primary N) is 2. The van der Waals surface area contributed by atoms with Crippen LogP contribution in [-0.2, 0) is 4.79 Å². The monoisotopic (exact) mass is 478 g/mol. The summed E-state index contributed by atoms with van der Waals surface area (Å²) >= 11 is 0. The molecule has 0 spiro atoms. The van der Waals surface area contributed by atoms with Crippen molar-refractivity contribution in [1.82, 2.24) is 24.8 Å². The number of carbonyl (C=O) groups is 3. The minimum Gasteiger partial charge on any atom is -0.494 e. The Kier molecular flexibility index (Phi) is 6.64. The standard InChI is InChI=1S/C23H26N8O4/c1-29(25)21(28-24)19-18-17(16(35-2)13-27-19)15(12-26-18)20(32)23(34)31-10-8-30(9-11-31)22(33)14-6-4-3-5-7-14/h3-7,12-13,26H,8-11,24-25H2,1-2H3/b28-21-. The van der Waals surface area contributed by atoms with Crippen molar-refractivity contribution in [1.29, 1.82) is 0 Å². The van der Waals surface area contributed by atoms with Gasteiger partial charge in [-0.1, -0.05) is 18.2 Å². The molecule has 1 saturated heterocycles. The van der Waals surface area contributed by atoms with Crippen LogP contribution in [0.25, 0.3) is 10.9 Å². The number of Topliss-reactive ketones (excluding diaryl/α,β-unsaturated/α-hetero) is 1. The normalized spacial score (nSPS) is 14.2. The number of nitrogens with zero attached hydrogens (tertiary/aromatic N) is 5. The highest BCUT2D eigenvalue weighted by molar-refractivity contribution is 6.45. The number of rotatable bonds is 5. The van der Waals surface area contributed by atoms with Gasteiger partial charge >= 0.3 is 0 Å². The Morgan fingerprint density at radius 2 is 1.77 bits per heavy atom. The van der Waals surface area contributed by atoms with Crippen molar-refractivity contribution in [2.45, 2.75) is 0 Å². The molecule has 3 heterocycles. The topological polar surface area (TPSA) is 163 Å². The number of piperazine rings is 1. The number of nitrogens with one attached hydrogen (secondary N) is 1. The fourth-order valence-corrected chi connectivity index (χ4v) is 4.08. The number of benzene rings is 1. The van der Waals surface area contributed by atoms with Crippen LogP contribution in [-0.4, -0.2) is 88.5 Å². The van der Waals surface area contributed by atoms with Gasteiger partial charge in [0.2, 0.25) is 0 Å². The van der Waals surface area contributed by atoms with Crippen molar-refractivity contribution in [3.8, 4) is 5.75 Å². The molecule has 1 aliphatic rings. The van der Waals surface area contributed by atoms with Gasteiger partial charge in [-0.25, -0.2) is 10.8 Å². The summed E-state index contributed by atoms with van der Waals surface area (Å²) in [5, 5.41) is 5.24. The molecule has 0 radical (unpaired) electrons. The molecular formula is C23H26N8O4. The molecule has 0 saturated carbocycles. The highest BCUT2D eigenvalue weighted by Gasteiger charge is 2.31. The molecular weight excluding hydrogens is 452 g/mol. The lowest BCUT2D eigenvalue weighted by Crippen LogP contribution is -2.52. The van der Waals surface area contributed by atoms with Gasteiger partial charge in [-0.2, -0.15) is 5.10 Å². The average Bonchev–Trinajstić information content (AvgIpc) is 3.34. The molecule has 2 amide bonds. The van der Waals surface area contributed by atoms with Crippen molar-refractivity contribution in [3.63, 3.8) is 0 Å². The highest BCUT2D eigenvalue weighted by atomic mass is 16.5. The molecule has 182 valence electrons. The van der Waals surface area contributed by atoms with Crippen LogP contribution in [0, 0.1) is 0 Å². The van der Waals surface area contributed by atoms with Gasteiger partial charge in [0, 0.05) is 45.0 Å². The number of aromatic nitrogens is 2. The Hall–Kier alpha value is -4.45. The van der Waals surface area contributed by atoms with Crippen LogP contribution < -0.4 is 16.4 Å². The van der Waals surface area contributed by atoms with E-state index >= 15 is 0 Å². The molecule has 4 rings (SSSR count). The van der Waals surface area contributed by atoms with Crippen molar-refractivity contribution < 1.29 is 19.1 Å². The number of H-pyrrole nitrogens is 1. The number of hydrazine groups is 1. The van der Waals surface area contributed by atoms with Gasteiger partial charge in [-0.05, 0) is 12.1 Å². The Balaban J connectivity index is 1.56. The van der Waals surface area contributed by atoms with Crippen LogP contribution in [0.1, 0.15) is 26.4 Å². The first-order chi connectivity index (χ1) is 16.9. The number of ketones is 1. The third kappa shape index (κ3) is 4.38. The number of amides is 2. The van der Waals surface area contributed by atoms with Gasteiger partial charge < -0.3 is 25.4 Å². The van der Waals surface area contributed by atoms with Crippen LogP contribution in [0.3, 0.4) is 0 Å². The van der Waals surface area contributed by atoms with E-state index in [9.17, 15) is 14.4 Å². The summed E-state index contributed by atoms with van der Waals surface area (Å²) in [6.45, 7) is 1.16. The SMILES string of the molecule is COc1cnc(/C(=N/N)N(C)N)c2[nH]cc(C(=O)C(=O)N3CCN(C(=O)c4ccccc4)CC3)c12. The lowest BCUT2D eigenvalue weighted by atomic mass is 10.1. The first kappa shape index (κ1) is 23.7. The maximum Gasteiger partial charge on any atom is 0.295 e. The van der Waals surface area contributed by atoms with Gasteiger partial charge in [0.25, 0.3) is 17.6 Å². The number of fused-ring (bicyclic) bond motifs is 1. The lowest BCUT2D eigenvalue weighted by Gasteiger charge is -2.34. The number of pyridine rings is 1. The molecule has 12 nitrogen and oxygen atoms in total. The van der Waals surface area contributed by atoms with Crippen LogP contribution in [0.15, 0.2) is 47.8 Å². The van der Waals surface area contributed by atoms with E-state index in [1.165, 1.54) is 29.4 Å². The van der Waals surface area contributed by atoms with Crippen molar-refractivity contribution in [2.75, 3.05) is 40.3 Å². The van der Waals surface area contributed by atoms with E-state index in [4.69, 9.17) is 16.4 Å². The van der Waals surface area contributed by atoms with Crippen LogP contribution >= 0.6 is 0 Å². The molecule has 1 fully saturated rings.